The van der Waals surface area contributed by atoms with Gasteiger partial charge in [0.1, 0.15) is 0 Å². The van der Waals surface area contributed by atoms with E-state index in [2.05, 4.69) is 26.3 Å². The van der Waals surface area contributed by atoms with E-state index in [0.29, 0.717) is 10.7 Å². The third kappa shape index (κ3) is 5.95. The smallest absolute Gasteiger partial charge is 0.362 e. The molecule has 0 aliphatic carbocycles. The van der Waals surface area contributed by atoms with Gasteiger partial charge in [0.15, 0.2) is 12.4 Å². The second-order valence-electron chi connectivity index (χ2n) is 6.46. The van der Waals surface area contributed by atoms with Crippen LogP contribution in [-0.2, 0) is 16.1 Å². The third-order valence-electron chi connectivity index (χ3n) is 4.21. The highest BCUT2D eigenvalue weighted by Crippen LogP contribution is 2.18. The fraction of sp³-hybridized carbons (Fsp3) is 0.182. The van der Waals surface area contributed by atoms with Crippen LogP contribution >= 0.6 is 27.5 Å². The van der Waals surface area contributed by atoms with E-state index in [0.717, 1.165) is 20.8 Å². The minimum Gasteiger partial charge on any atom is -0.481 e. The predicted octanol–water partition coefficient (Wildman–Crippen LogP) is 3.52. The lowest BCUT2D eigenvalue weighted by atomic mass is 10.2. The third-order valence-corrected chi connectivity index (χ3v) is 5.07. The monoisotopic (exact) mass is 519 g/mol. The molecule has 0 bridgehead atoms. The topological polar surface area (TPSA) is 99.5 Å². The first-order chi connectivity index (χ1) is 15.4. The normalized spacial score (nSPS) is 10.5. The van der Waals surface area contributed by atoms with Gasteiger partial charge in [0.25, 0.3) is 11.5 Å². The number of benzene rings is 2. The highest BCUT2D eigenvalue weighted by molar-refractivity contribution is 9.10. The number of carbonyl (C=O) groups is 2. The van der Waals surface area contributed by atoms with Crippen molar-refractivity contribution in [1.29, 1.82) is 0 Å². The Bertz CT molecular complexity index is 1200. The average molecular weight is 521 g/mol. The molecule has 8 nitrogen and oxygen atoms in total. The molecule has 0 aliphatic heterocycles. The Balaban J connectivity index is 1.79. The maximum Gasteiger partial charge on any atom is 0.362 e. The maximum absolute atomic E-state index is 12.6. The number of hydrogen-bond acceptors (Lipinski definition) is 6. The molecule has 0 atom stereocenters. The number of rotatable bonds is 8. The van der Waals surface area contributed by atoms with E-state index in [-0.39, 0.29) is 24.6 Å². The SMILES string of the molecule is CCOC(=O)c1nn(-c2cccc(Br)c2)c(=O)cc1OCC(=O)NCc1ccccc1Cl. The van der Waals surface area contributed by atoms with Crippen LogP contribution in [-0.4, -0.2) is 34.9 Å². The first-order valence-electron chi connectivity index (χ1n) is 9.59. The summed E-state index contributed by atoms with van der Waals surface area (Å²) in [6, 6.07) is 15.1. The zero-order chi connectivity index (χ0) is 23.1. The van der Waals surface area contributed by atoms with E-state index in [4.69, 9.17) is 21.1 Å². The minimum atomic E-state index is -0.775. The Morgan fingerprint density at radius 1 is 1.16 bits per heavy atom. The number of hydrogen-bond donors (Lipinski definition) is 1. The molecule has 32 heavy (non-hydrogen) atoms. The summed E-state index contributed by atoms with van der Waals surface area (Å²) in [6.45, 7) is 1.52. The molecule has 0 aliphatic rings. The molecule has 10 heteroatoms. The average Bonchev–Trinajstić information content (AvgIpc) is 2.77. The summed E-state index contributed by atoms with van der Waals surface area (Å²) in [5, 5.41) is 7.31. The van der Waals surface area contributed by atoms with E-state index in [1.54, 1.807) is 55.5 Å². The maximum atomic E-state index is 12.6. The first-order valence-corrected chi connectivity index (χ1v) is 10.8. The molecule has 0 saturated heterocycles. The lowest BCUT2D eigenvalue weighted by Gasteiger charge is -2.13. The van der Waals surface area contributed by atoms with Gasteiger partial charge in [-0.05, 0) is 36.8 Å². The van der Waals surface area contributed by atoms with E-state index in [9.17, 15) is 14.4 Å². The fourth-order valence-corrected chi connectivity index (χ4v) is 3.30. The van der Waals surface area contributed by atoms with Crippen molar-refractivity contribution in [3.8, 4) is 11.4 Å². The second-order valence-corrected chi connectivity index (χ2v) is 7.79. The lowest BCUT2D eigenvalue weighted by Crippen LogP contribution is -2.30. The summed E-state index contributed by atoms with van der Waals surface area (Å²) in [5.74, 6) is -1.38. The van der Waals surface area contributed by atoms with Gasteiger partial charge in [0.2, 0.25) is 5.69 Å². The number of nitrogens with zero attached hydrogens (tertiary/aromatic N) is 2. The molecule has 1 heterocycles. The summed E-state index contributed by atoms with van der Waals surface area (Å²) in [5.41, 5.74) is 0.430. The quantitative estimate of drug-likeness (QED) is 0.456. The number of aromatic nitrogens is 2. The summed E-state index contributed by atoms with van der Waals surface area (Å²) >= 11 is 9.41. The van der Waals surface area contributed by atoms with Crippen LogP contribution in [0.25, 0.3) is 5.69 Å². The van der Waals surface area contributed by atoms with Gasteiger partial charge in [-0.2, -0.15) is 9.78 Å². The molecule has 1 amide bonds. The highest BCUT2D eigenvalue weighted by Gasteiger charge is 2.20. The fourth-order valence-electron chi connectivity index (χ4n) is 2.71. The van der Waals surface area contributed by atoms with Crippen molar-refractivity contribution in [2.75, 3.05) is 13.2 Å². The van der Waals surface area contributed by atoms with Crippen molar-refractivity contribution in [1.82, 2.24) is 15.1 Å². The number of nitrogens with one attached hydrogen (secondary N) is 1. The molecule has 1 N–H and O–H groups in total. The van der Waals surface area contributed by atoms with E-state index < -0.39 is 24.0 Å². The predicted molar refractivity (Wildman–Crippen MR) is 122 cm³/mol. The van der Waals surface area contributed by atoms with Crippen LogP contribution in [0, 0.1) is 0 Å². The van der Waals surface area contributed by atoms with Crippen molar-refractivity contribution >= 4 is 39.4 Å². The second kappa shape index (κ2) is 10.9. The molecule has 1 aromatic heterocycles. The Labute approximate surface area is 197 Å². The zero-order valence-electron chi connectivity index (χ0n) is 17.0. The Hall–Kier alpha value is -3.17. The van der Waals surface area contributed by atoms with Crippen LogP contribution in [0.5, 0.6) is 5.75 Å². The summed E-state index contributed by atoms with van der Waals surface area (Å²) in [7, 11) is 0. The minimum absolute atomic E-state index is 0.105. The van der Waals surface area contributed by atoms with Crippen LogP contribution in [0.1, 0.15) is 23.0 Å². The van der Waals surface area contributed by atoms with Gasteiger partial charge in [0, 0.05) is 16.0 Å². The molecule has 3 rings (SSSR count). The van der Waals surface area contributed by atoms with Crippen LogP contribution in [0.2, 0.25) is 5.02 Å². The summed E-state index contributed by atoms with van der Waals surface area (Å²) in [4.78, 5) is 37.2. The van der Waals surface area contributed by atoms with Gasteiger partial charge in [-0.1, -0.05) is 51.8 Å². The lowest BCUT2D eigenvalue weighted by molar-refractivity contribution is -0.123. The number of carbonyl (C=O) groups excluding carboxylic acids is 2. The molecule has 0 saturated carbocycles. The van der Waals surface area contributed by atoms with Crippen LogP contribution in [0.4, 0.5) is 0 Å². The Morgan fingerprint density at radius 3 is 2.66 bits per heavy atom. The Morgan fingerprint density at radius 2 is 1.94 bits per heavy atom. The van der Waals surface area contributed by atoms with Gasteiger partial charge in [0.05, 0.1) is 18.4 Å². The van der Waals surface area contributed by atoms with Crippen LogP contribution in [0.15, 0.2) is 63.9 Å². The zero-order valence-corrected chi connectivity index (χ0v) is 19.4. The van der Waals surface area contributed by atoms with Crippen LogP contribution < -0.4 is 15.6 Å². The van der Waals surface area contributed by atoms with Gasteiger partial charge >= 0.3 is 5.97 Å². The van der Waals surface area contributed by atoms with Crippen molar-refractivity contribution in [2.45, 2.75) is 13.5 Å². The van der Waals surface area contributed by atoms with Crippen LogP contribution in [0.3, 0.4) is 0 Å². The first kappa shape index (κ1) is 23.5. The van der Waals surface area contributed by atoms with Gasteiger partial charge in [-0.15, -0.1) is 0 Å². The molecule has 2 aromatic carbocycles. The molecule has 0 fully saturated rings. The molecule has 0 radical (unpaired) electrons. The standard InChI is InChI=1S/C22H19BrClN3O5/c1-2-31-22(30)21-18(11-20(29)27(26-21)16-8-5-7-15(23)10-16)32-13-19(28)25-12-14-6-3-4-9-17(14)24/h3-11H,2,12-13H2,1H3,(H,25,28). The molecule has 3 aromatic rings. The molecular formula is C22H19BrClN3O5. The van der Waals surface area contributed by atoms with E-state index in [1.807, 2.05) is 0 Å². The van der Waals surface area contributed by atoms with Crippen molar-refractivity contribution in [2.24, 2.45) is 0 Å². The summed E-state index contributed by atoms with van der Waals surface area (Å²) < 4.78 is 12.3. The van der Waals surface area contributed by atoms with Gasteiger partial charge in [-0.3, -0.25) is 9.59 Å². The van der Waals surface area contributed by atoms with E-state index >= 15 is 0 Å². The molecule has 166 valence electrons. The van der Waals surface area contributed by atoms with Gasteiger partial charge < -0.3 is 14.8 Å². The largest absolute Gasteiger partial charge is 0.481 e. The number of halogens is 2. The van der Waals surface area contributed by atoms with Crippen molar-refractivity contribution in [3.63, 3.8) is 0 Å². The summed E-state index contributed by atoms with van der Waals surface area (Å²) in [6.07, 6.45) is 0. The Kier molecular flexibility index (Phi) is 8.02. The molecular weight excluding hydrogens is 502 g/mol. The highest BCUT2D eigenvalue weighted by atomic mass is 79.9. The van der Waals surface area contributed by atoms with Crippen molar-refractivity contribution < 1.29 is 19.1 Å². The molecule has 0 spiro atoms. The number of amides is 1. The number of ether oxygens (including phenoxy) is 2. The van der Waals surface area contributed by atoms with E-state index in [1.165, 1.54) is 0 Å². The number of esters is 1. The van der Waals surface area contributed by atoms with Crippen molar-refractivity contribution in [3.05, 3.63) is 85.7 Å². The van der Waals surface area contributed by atoms with Gasteiger partial charge in [-0.25, -0.2) is 4.79 Å². The molecule has 0 unspecified atom stereocenters.